The molecule has 0 saturated heterocycles. The van der Waals surface area contributed by atoms with Gasteiger partial charge in [-0.1, -0.05) is 0 Å². The van der Waals surface area contributed by atoms with Crippen molar-refractivity contribution in [1.29, 1.82) is 0 Å². The van der Waals surface area contributed by atoms with Crippen LogP contribution in [0.15, 0.2) is 22.2 Å². The predicted molar refractivity (Wildman–Crippen MR) is 67.9 cm³/mol. The normalized spacial score (nSPS) is 10.6. The van der Waals surface area contributed by atoms with Crippen molar-refractivity contribution in [1.82, 2.24) is 15.0 Å². The number of hydrogen-bond donors (Lipinski definition) is 1. The lowest BCUT2D eigenvalue weighted by Gasteiger charge is -2.03. The third-order valence-electron chi connectivity index (χ3n) is 2.27. The van der Waals surface area contributed by atoms with Crippen LogP contribution in [0.25, 0.3) is 11.2 Å². The van der Waals surface area contributed by atoms with Gasteiger partial charge in [0.05, 0.1) is 12.8 Å². The summed E-state index contributed by atoms with van der Waals surface area (Å²) in [5.41, 5.74) is -0.0271. The highest BCUT2D eigenvalue weighted by Gasteiger charge is 2.15. The second-order valence-corrected chi connectivity index (χ2v) is 4.19. The van der Waals surface area contributed by atoms with Gasteiger partial charge >= 0.3 is 5.97 Å². The Morgan fingerprint density at radius 3 is 3.00 bits per heavy atom. The molecule has 0 aliphatic carbocycles. The quantitative estimate of drug-likeness (QED) is 0.663. The van der Waals surface area contributed by atoms with Crippen LogP contribution in [0.2, 0.25) is 0 Å². The maximum Gasteiger partial charge on any atom is 0.343 e. The van der Waals surface area contributed by atoms with E-state index in [1.807, 2.05) is 6.26 Å². The minimum atomic E-state index is -0.656. The molecule has 7 heteroatoms. The van der Waals surface area contributed by atoms with Gasteiger partial charge in [-0.15, -0.1) is 11.8 Å². The van der Waals surface area contributed by atoms with Gasteiger partial charge in [0.25, 0.3) is 0 Å². The van der Waals surface area contributed by atoms with E-state index in [1.54, 1.807) is 13.1 Å². The highest BCUT2D eigenvalue weighted by Crippen LogP contribution is 2.12. The molecule has 2 aromatic heterocycles. The zero-order valence-corrected chi connectivity index (χ0v) is 10.7. The van der Waals surface area contributed by atoms with Crippen LogP contribution in [0.1, 0.15) is 17.3 Å². The van der Waals surface area contributed by atoms with E-state index in [9.17, 15) is 9.59 Å². The fourth-order valence-corrected chi connectivity index (χ4v) is 1.77. The molecule has 0 radical (unpaired) electrons. The summed E-state index contributed by atoms with van der Waals surface area (Å²) in [6, 6.07) is 0. The van der Waals surface area contributed by atoms with Crippen LogP contribution in [0, 0.1) is 0 Å². The molecule has 2 rings (SSSR count). The number of fused-ring (bicyclic) bond motifs is 1. The van der Waals surface area contributed by atoms with E-state index in [1.165, 1.54) is 18.0 Å². The second-order valence-electron chi connectivity index (χ2n) is 3.36. The number of nitrogens with one attached hydrogen (secondary N) is 1. The third kappa shape index (κ3) is 2.21. The average molecular weight is 265 g/mol. The SMILES string of the molecule is CCOC(=O)c1c[nH]c2ncc(SC)nc2c1=O. The van der Waals surface area contributed by atoms with Crippen LogP contribution >= 0.6 is 11.8 Å². The number of pyridine rings is 1. The van der Waals surface area contributed by atoms with Gasteiger partial charge in [0.2, 0.25) is 5.43 Å². The van der Waals surface area contributed by atoms with Crippen molar-refractivity contribution in [3.05, 3.63) is 28.2 Å². The lowest BCUT2D eigenvalue weighted by atomic mass is 10.2. The zero-order chi connectivity index (χ0) is 13.1. The Morgan fingerprint density at radius 2 is 2.33 bits per heavy atom. The lowest BCUT2D eigenvalue weighted by molar-refractivity contribution is 0.0524. The van der Waals surface area contributed by atoms with Gasteiger partial charge < -0.3 is 9.72 Å². The lowest BCUT2D eigenvalue weighted by Crippen LogP contribution is -2.19. The maximum absolute atomic E-state index is 12.1. The first-order chi connectivity index (χ1) is 8.67. The number of thioether (sulfide) groups is 1. The standard InChI is InChI=1S/C11H11N3O3S/c1-3-17-11(16)6-4-12-10-8(9(6)15)14-7(18-2)5-13-10/h4-5H,3H2,1-2H3,(H,12,13,15). The van der Waals surface area contributed by atoms with Crippen LogP contribution in [0.5, 0.6) is 0 Å². The summed E-state index contributed by atoms with van der Waals surface area (Å²) < 4.78 is 4.80. The summed E-state index contributed by atoms with van der Waals surface area (Å²) in [5, 5.41) is 0.619. The Morgan fingerprint density at radius 1 is 1.56 bits per heavy atom. The fraction of sp³-hybridized carbons (Fsp3) is 0.273. The van der Waals surface area contributed by atoms with Gasteiger partial charge in [0.15, 0.2) is 11.2 Å². The second kappa shape index (κ2) is 5.18. The first-order valence-corrected chi connectivity index (χ1v) is 6.49. The summed E-state index contributed by atoms with van der Waals surface area (Å²) in [6.07, 6.45) is 4.70. The Balaban J connectivity index is 2.62. The average Bonchev–Trinajstić information content (AvgIpc) is 2.39. The van der Waals surface area contributed by atoms with Crippen LogP contribution < -0.4 is 5.43 Å². The third-order valence-corrected chi connectivity index (χ3v) is 2.88. The number of ether oxygens (including phenoxy) is 1. The number of aromatic amines is 1. The van der Waals surface area contributed by atoms with Gasteiger partial charge in [-0.05, 0) is 13.2 Å². The molecule has 0 atom stereocenters. The summed E-state index contributed by atoms with van der Waals surface area (Å²) in [6.45, 7) is 1.89. The van der Waals surface area contributed by atoms with Crippen LogP contribution in [0.3, 0.4) is 0 Å². The van der Waals surface area contributed by atoms with Crippen molar-refractivity contribution in [2.24, 2.45) is 0 Å². The molecule has 2 heterocycles. The summed E-state index contributed by atoms with van der Waals surface area (Å²) in [7, 11) is 0. The van der Waals surface area contributed by atoms with E-state index in [-0.39, 0.29) is 17.7 Å². The van der Waals surface area contributed by atoms with Crippen molar-refractivity contribution in [3.63, 3.8) is 0 Å². The number of carbonyl (C=O) groups excluding carboxylic acids is 1. The topological polar surface area (TPSA) is 84.9 Å². The molecule has 0 saturated carbocycles. The van der Waals surface area contributed by atoms with Gasteiger partial charge in [-0.3, -0.25) is 4.79 Å². The van der Waals surface area contributed by atoms with E-state index < -0.39 is 11.4 Å². The number of carbonyl (C=O) groups is 1. The largest absolute Gasteiger partial charge is 0.462 e. The number of rotatable bonds is 3. The van der Waals surface area contributed by atoms with Gasteiger partial charge in [0, 0.05) is 6.20 Å². The number of nitrogens with zero attached hydrogens (tertiary/aromatic N) is 2. The van der Waals surface area contributed by atoms with E-state index in [0.717, 1.165) is 0 Å². The number of esters is 1. The molecular formula is C11H11N3O3S. The molecule has 2 aromatic rings. The molecular weight excluding hydrogens is 254 g/mol. The Bertz CT molecular complexity index is 654. The molecule has 0 spiro atoms. The van der Waals surface area contributed by atoms with Gasteiger partial charge in [-0.2, -0.15) is 0 Å². The Kier molecular flexibility index (Phi) is 3.61. The zero-order valence-electron chi connectivity index (χ0n) is 9.89. The molecule has 0 aliphatic heterocycles. The molecule has 0 bridgehead atoms. The van der Waals surface area contributed by atoms with Crippen molar-refractivity contribution >= 4 is 28.9 Å². The van der Waals surface area contributed by atoms with Crippen LogP contribution in [0.4, 0.5) is 0 Å². The molecule has 6 nitrogen and oxygen atoms in total. The highest BCUT2D eigenvalue weighted by molar-refractivity contribution is 7.98. The molecule has 0 unspecified atom stereocenters. The summed E-state index contributed by atoms with van der Waals surface area (Å²) in [5.74, 6) is -0.656. The predicted octanol–water partition coefficient (Wildman–Crippen LogP) is 1.22. The molecule has 0 amide bonds. The molecule has 0 fully saturated rings. The maximum atomic E-state index is 12.1. The first kappa shape index (κ1) is 12.6. The van der Waals surface area contributed by atoms with E-state index in [2.05, 4.69) is 15.0 Å². The molecule has 94 valence electrons. The summed E-state index contributed by atoms with van der Waals surface area (Å²) >= 11 is 1.37. The molecule has 18 heavy (non-hydrogen) atoms. The van der Waals surface area contributed by atoms with Crippen molar-refractivity contribution in [2.75, 3.05) is 12.9 Å². The smallest absolute Gasteiger partial charge is 0.343 e. The van der Waals surface area contributed by atoms with Crippen LogP contribution in [-0.4, -0.2) is 33.8 Å². The van der Waals surface area contributed by atoms with Gasteiger partial charge in [0.1, 0.15) is 10.6 Å². The highest BCUT2D eigenvalue weighted by atomic mass is 32.2. The van der Waals surface area contributed by atoms with Gasteiger partial charge in [-0.25, -0.2) is 14.8 Å². The van der Waals surface area contributed by atoms with E-state index >= 15 is 0 Å². The molecule has 0 aromatic carbocycles. The van der Waals surface area contributed by atoms with E-state index in [4.69, 9.17) is 4.74 Å². The Hall–Kier alpha value is -1.89. The first-order valence-electron chi connectivity index (χ1n) is 5.27. The number of hydrogen-bond acceptors (Lipinski definition) is 6. The minimum absolute atomic E-state index is 0.0584. The molecule has 1 N–H and O–H groups in total. The fourth-order valence-electron chi connectivity index (χ4n) is 1.43. The minimum Gasteiger partial charge on any atom is -0.462 e. The summed E-state index contributed by atoms with van der Waals surface area (Å²) in [4.78, 5) is 34.6. The van der Waals surface area contributed by atoms with Crippen molar-refractivity contribution < 1.29 is 9.53 Å². The van der Waals surface area contributed by atoms with E-state index in [0.29, 0.717) is 10.7 Å². The number of H-pyrrole nitrogens is 1. The Labute approximate surface area is 107 Å². The molecule has 0 aliphatic rings. The van der Waals surface area contributed by atoms with Crippen LogP contribution in [-0.2, 0) is 4.74 Å². The number of aromatic nitrogens is 3. The monoisotopic (exact) mass is 265 g/mol. The van der Waals surface area contributed by atoms with Crippen molar-refractivity contribution in [3.8, 4) is 0 Å². The van der Waals surface area contributed by atoms with Crippen molar-refractivity contribution in [2.45, 2.75) is 11.9 Å².